The van der Waals surface area contributed by atoms with Crippen molar-refractivity contribution in [3.63, 3.8) is 0 Å². The molecule has 2 N–H and O–H groups in total. The van der Waals surface area contributed by atoms with E-state index in [1.54, 1.807) is 6.20 Å². The average molecular weight is 258 g/mol. The topological polar surface area (TPSA) is 56.7 Å². The number of rotatable bonds is 3. The summed E-state index contributed by atoms with van der Waals surface area (Å²) >= 11 is 1.82. The molecule has 3 aromatic heterocycles. The SMILES string of the molecule is CCc1ccc(Cn2c(N)nc3cccnc32)s1. The fourth-order valence-electron chi connectivity index (χ4n) is 1.99. The van der Waals surface area contributed by atoms with Crippen molar-refractivity contribution in [2.75, 3.05) is 5.73 Å². The van der Waals surface area contributed by atoms with E-state index in [1.807, 2.05) is 28.0 Å². The zero-order valence-corrected chi connectivity index (χ0v) is 10.9. The Labute approximate surface area is 109 Å². The van der Waals surface area contributed by atoms with Gasteiger partial charge in [-0.2, -0.15) is 0 Å². The van der Waals surface area contributed by atoms with Crippen LogP contribution < -0.4 is 5.73 Å². The third kappa shape index (κ3) is 1.86. The van der Waals surface area contributed by atoms with Crippen molar-refractivity contribution < 1.29 is 0 Å². The van der Waals surface area contributed by atoms with Crippen LogP contribution in [0.25, 0.3) is 11.2 Å². The highest BCUT2D eigenvalue weighted by molar-refractivity contribution is 7.11. The van der Waals surface area contributed by atoms with Gasteiger partial charge in [0.05, 0.1) is 6.54 Å². The maximum Gasteiger partial charge on any atom is 0.202 e. The summed E-state index contributed by atoms with van der Waals surface area (Å²) in [5.74, 6) is 0.523. The molecule has 92 valence electrons. The second kappa shape index (κ2) is 4.42. The van der Waals surface area contributed by atoms with Crippen molar-refractivity contribution in [3.05, 3.63) is 40.2 Å². The molecule has 3 rings (SSSR count). The number of nitrogen functional groups attached to an aromatic ring is 1. The van der Waals surface area contributed by atoms with Gasteiger partial charge in [0.25, 0.3) is 0 Å². The molecule has 0 fully saturated rings. The van der Waals surface area contributed by atoms with Crippen molar-refractivity contribution in [1.29, 1.82) is 0 Å². The van der Waals surface area contributed by atoms with E-state index in [2.05, 4.69) is 29.0 Å². The summed E-state index contributed by atoms with van der Waals surface area (Å²) in [4.78, 5) is 11.3. The summed E-state index contributed by atoms with van der Waals surface area (Å²) in [5, 5.41) is 0. The molecular weight excluding hydrogens is 244 g/mol. The first kappa shape index (κ1) is 11.2. The maximum atomic E-state index is 5.96. The largest absolute Gasteiger partial charge is 0.369 e. The molecule has 18 heavy (non-hydrogen) atoms. The number of aromatic nitrogens is 3. The smallest absolute Gasteiger partial charge is 0.202 e. The summed E-state index contributed by atoms with van der Waals surface area (Å²) in [6.45, 7) is 2.90. The van der Waals surface area contributed by atoms with Crippen LogP contribution in [0.3, 0.4) is 0 Å². The van der Waals surface area contributed by atoms with Crippen LogP contribution in [0.1, 0.15) is 16.7 Å². The predicted molar refractivity (Wildman–Crippen MR) is 74.7 cm³/mol. The van der Waals surface area contributed by atoms with E-state index in [0.717, 1.165) is 24.1 Å². The van der Waals surface area contributed by atoms with Crippen LogP contribution in [0, 0.1) is 0 Å². The van der Waals surface area contributed by atoms with E-state index in [1.165, 1.54) is 9.75 Å². The van der Waals surface area contributed by atoms with E-state index in [0.29, 0.717) is 5.95 Å². The van der Waals surface area contributed by atoms with Crippen LogP contribution in [-0.4, -0.2) is 14.5 Å². The fourth-order valence-corrected chi connectivity index (χ4v) is 2.93. The number of anilines is 1. The highest BCUT2D eigenvalue weighted by atomic mass is 32.1. The van der Waals surface area contributed by atoms with Gasteiger partial charge in [0.2, 0.25) is 5.95 Å². The Morgan fingerprint density at radius 3 is 2.89 bits per heavy atom. The Morgan fingerprint density at radius 2 is 2.11 bits per heavy atom. The van der Waals surface area contributed by atoms with Crippen LogP contribution in [-0.2, 0) is 13.0 Å². The van der Waals surface area contributed by atoms with Crippen LogP contribution >= 0.6 is 11.3 Å². The Kier molecular flexibility index (Phi) is 2.76. The number of aryl methyl sites for hydroxylation is 1. The molecule has 0 amide bonds. The monoisotopic (exact) mass is 258 g/mol. The molecule has 0 saturated heterocycles. The second-order valence-electron chi connectivity index (χ2n) is 4.12. The quantitative estimate of drug-likeness (QED) is 0.785. The van der Waals surface area contributed by atoms with Gasteiger partial charge in [0.1, 0.15) is 5.52 Å². The molecule has 3 aromatic rings. The number of nitrogens with two attached hydrogens (primary N) is 1. The standard InChI is InChI=1S/C13H14N4S/c1-2-9-5-6-10(18-9)8-17-12-11(16-13(17)14)4-3-7-15-12/h3-7H,2,8H2,1H3,(H2,14,16). The minimum Gasteiger partial charge on any atom is -0.369 e. The van der Waals surface area contributed by atoms with Gasteiger partial charge in [-0.3, -0.25) is 4.57 Å². The third-order valence-electron chi connectivity index (χ3n) is 2.91. The van der Waals surface area contributed by atoms with Crippen molar-refractivity contribution in [2.24, 2.45) is 0 Å². The summed E-state index contributed by atoms with van der Waals surface area (Å²) in [5.41, 5.74) is 7.65. The lowest BCUT2D eigenvalue weighted by atomic mass is 10.3. The molecule has 0 spiro atoms. The Morgan fingerprint density at radius 1 is 1.28 bits per heavy atom. The minimum absolute atomic E-state index is 0.523. The first-order chi connectivity index (χ1) is 8.78. The van der Waals surface area contributed by atoms with Crippen molar-refractivity contribution in [3.8, 4) is 0 Å². The number of nitrogens with zero attached hydrogens (tertiary/aromatic N) is 3. The van der Waals surface area contributed by atoms with Gasteiger partial charge in [-0.1, -0.05) is 6.92 Å². The predicted octanol–water partition coefficient (Wildman–Crippen LogP) is 2.69. The molecule has 0 aromatic carbocycles. The Bertz CT molecular complexity index is 683. The Balaban J connectivity index is 2.01. The van der Waals surface area contributed by atoms with Gasteiger partial charge < -0.3 is 5.73 Å². The van der Waals surface area contributed by atoms with E-state index >= 15 is 0 Å². The van der Waals surface area contributed by atoms with Crippen molar-refractivity contribution in [2.45, 2.75) is 19.9 Å². The molecule has 0 aliphatic rings. The first-order valence-corrected chi connectivity index (χ1v) is 6.74. The van der Waals surface area contributed by atoms with Crippen molar-refractivity contribution in [1.82, 2.24) is 14.5 Å². The summed E-state index contributed by atoms with van der Waals surface area (Å²) in [6, 6.07) is 8.13. The maximum absolute atomic E-state index is 5.96. The van der Waals surface area contributed by atoms with E-state index in [9.17, 15) is 0 Å². The summed E-state index contributed by atoms with van der Waals surface area (Å²) < 4.78 is 1.96. The summed E-state index contributed by atoms with van der Waals surface area (Å²) in [7, 11) is 0. The molecule has 0 bridgehead atoms. The number of hydrogen-bond acceptors (Lipinski definition) is 4. The molecule has 3 heterocycles. The number of imidazole rings is 1. The number of pyridine rings is 1. The lowest BCUT2D eigenvalue weighted by Gasteiger charge is -2.03. The molecule has 0 aliphatic heterocycles. The van der Waals surface area contributed by atoms with Gasteiger partial charge in [0, 0.05) is 16.0 Å². The fraction of sp³-hybridized carbons (Fsp3) is 0.231. The first-order valence-electron chi connectivity index (χ1n) is 5.92. The van der Waals surface area contributed by atoms with Crippen LogP contribution in [0.2, 0.25) is 0 Å². The molecule has 0 radical (unpaired) electrons. The lowest BCUT2D eigenvalue weighted by molar-refractivity contribution is 0.841. The molecule has 0 atom stereocenters. The number of hydrogen-bond donors (Lipinski definition) is 1. The second-order valence-corrected chi connectivity index (χ2v) is 5.38. The van der Waals surface area contributed by atoms with Crippen molar-refractivity contribution >= 4 is 28.4 Å². The van der Waals surface area contributed by atoms with Crippen LogP contribution in [0.15, 0.2) is 30.5 Å². The number of fused-ring (bicyclic) bond motifs is 1. The normalized spacial score (nSPS) is 11.2. The molecule has 0 aliphatic carbocycles. The molecular formula is C13H14N4S. The van der Waals surface area contributed by atoms with Gasteiger partial charge in [0.15, 0.2) is 5.65 Å². The Hall–Kier alpha value is -1.88. The zero-order valence-electron chi connectivity index (χ0n) is 10.1. The van der Waals surface area contributed by atoms with E-state index in [-0.39, 0.29) is 0 Å². The molecule has 4 nitrogen and oxygen atoms in total. The lowest BCUT2D eigenvalue weighted by Crippen LogP contribution is -2.04. The summed E-state index contributed by atoms with van der Waals surface area (Å²) in [6.07, 6.45) is 2.84. The minimum atomic E-state index is 0.523. The zero-order chi connectivity index (χ0) is 12.5. The van der Waals surface area contributed by atoms with Gasteiger partial charge >= 0.3 is 0 Å². The number of thiophene rings is 1. The van der Waals surface area contributed by atoms with Crippen LogP contribution in [0.4, 0.5) is 5.95 Å². The van der Waals surface area contributed by atoms with Crippen LogP contribution in [0.5, 0.6) is 0 Å². The van der Waals surface area contributed by atoms with Gasteiger partial charge in [-0.25, -0.2) is 9.97 Å². The van der Waals surface area contributed by atoms with Gasteiger partial charge in [-0.05, 0) is 30.7 Å². The highest BCUT2D eigenvalue weighted by Crippen LogP contribution is 2.22. The van der Waals surface area contributed by atoms with Gasteiger partial charge in [-0.15, -0.1) is 11.3 Å². The highest BCUT2D eigenvalue weighted by Gasteiger charge is 2.10. The average Bonchev–Trinajstić information content (AvgIpc) is 2.96. The molecule has 0 unspecified atom stereocenters. The third-order valence-corrected chi connectivity index (χ3v) is 4.13. The molecule has 0 saturated carbocycles. The van der Waals surface area contributed by atoms with E-state index in [4.69, 9.17) is 5.73 Å². The molecule has 5 heteroatoms. The van der Waals surface area contributed by atoms with E-state index < -0.39 is 0 Å².